The van der Waals surface area contributed by atoms with E-state index in [1.807, 2.05) is 60.7 Å². The van der Waals surface area contributed by atoms with Crippen molar-refractivity contribution >= 4 is 24.5 Å². The molecule has 3 aromatic carbocycles. The molecule has 6 nitrogen and oxygen atoms in total. The molecule has 0 atom stereocenters. The second-order valence-corrected chi connectivity index (χ2v) is 6.72. The summed E-state index contributed by atoms with van der Waals surface area (Å²) in [5.74, 6) is 0.703. The van der Waals surface area contributed by atoms with E-state index in [9.17, 15) is 4.79 Å². The summed E-state index contributed by atoms with van der Waals surface area (Å²) in [6.45, 7) is 0. The second-order valence-electron chi connectivity index (χ2n) is 6.72. The number of ether oxygens (including phenoxy) is 2. The average Bonchev–Trinajstić information content (AvgIpc) is 2.87. The van der Waals surface area contributed by atoms with E-state index < -0.39 is 5.97 Å². The largest absolute Gasteiger partial charge is 0.493 e. The summed E-state index contributed by atoms with van der Waals surface area (Å²) in [6.07, 6.45) is 9.17. The Morgan fingerprint density at radius 3 is 1.91 bits per heavy atom. The summed E-state index contributed by atoms with van der Waals surface area (Å²) in [6, 6.07) is 25.6. The van der Waals surface area contributed by atoms with E-state index >= 15 is 0 Å². The molecule has 0 aliphatic carbocycles. The highest BCUT2D eigenvalue weighted by Crippen LogP contribution is 2.31. The third-order valence-corrected chi connectivity index (χ3v) is 4.39. The van der Waals surface area contributed by atoms with Gasteiger partial charge in [0.2, 0.25) is 6.41 Å². The average molecular weight is 462 g/mol. The Kier molecular flexibility index (Phi) is 14.1. The van der Waals surface area contributed by atoms with E-state index in [2.05, 4.69) is 36.1 Å². The summed E-state index contributed by atoms with van der Waals surface area (Å²) in [7, 11) is 3.35. The lowest BCUT2D eigenvalue weighted by Gasteiger charge is -2.11. The number of methoxy groups -OCH3 is 2. The second kappa shape index (κ2) is 17.3. The number of allylic oxidation sites excluding steroid dienone is 1. The normalized spacial score (nSPS) is 9.94. The number of aryl methyl sites for hydroxylation is 1. The molecule has 3 rings (SSSR count). The molecule has 0 bridgehead atoms. The summed E-state index contributed by atoms with van der Waals surface area (Å²) in [5.41, 5.74) is 7.46. The minimum absolute atomic E-state index is 0.250. The Morgan fingerprint density at radius 2 is 1.41 bits per heavy atom. The summed E-state index contributed by atoms with van der Waals surface area (Å²) >= 11 is 0. The highest BCUT2D eigenvalue weighted by Gasteiger charge is 2.07. The summed E-state index contributed by atoms with van der Waals surface area (Å²) < 4.78 is 10.7. The highest BCUT2D eigenvalue weighted by molar-refractivity contribution is 5.85. The van der Waals surface area contributed by atoms with Crippen LogP contribution < -0.4 is 15.2 Å². The number of rotatable bonds is 8. The minimum atomic E-state index is -0.922. The van der Waals surface area contributed by atoms with Crippen molar-refractivity contribution < 1.29 is 24.2 Å². The SMILES string of the molecule is COc1cccc(CC/C=C/c2ccccc2)c1OC.NC=O.O=C(O)/C=C/c1ccccc1. The molecule has 0 radical (unpaired) electrons. The van der Waals surface area contributed by atoms with Crippen molar-refractivity contribution in [1.29, 1.82) is 0 Å². The maximum atomic E-state index is 10.1. The molecule has 34 heavy (non-hydrogen) atoms. The van der Waals surface area contributed by atoms with Gasteiger partial charge in [0.25, 0.3) is 0 Å². The van der Waals surface area contributed by atoms with Gasteiger partial charge in [0, 0.05) is 6.08 Å². The van der Waals surface area contributed by atoms with Crippen LogP contribution in [0.15, 0.2) is 91.0 Å². The number of carbonyl (C=O) groups is 2. The lowest BCUT2D eigenvalue weighted by atomic mass is 10.1. The van der Waals surface area contributed by atoms with Gasteiger partial charge >= 0.3 is 5.97 Å². The molecule has 0 saturated heterocycles. The highest BCUT2D eigenvalue weighted by atomic mass is 16.5. The van der Waals surface area contributed by atoms with Crippen LogP contribution in [0.2, 0.25) is 0 Å². The number of amides is 1. The first-order valence-electron chi connectivity index (χ1n) is 10.6. The standard InChI is InChI=1S/C18H20O2.C9H8O2.CH3NO/c1-19-17-14-8-13-16(18(17)20-2)12-7-6-11-15-9-4-3-5-10-15;10-9(11)7-6-8-4-2-1-3-5-8;2-1-3/h3-6,8-11,13-14H,7,12H2,1-2H3;1-7H,(H,10,11);1H,(H2,2,3)/b11-6+;7-6+;. The zero-order valence-electron chi connectivity index (χ0n) is 19.5. The fraction of sp³-hybridized carbons (Fsp3) is 0.143. The fourth-order valence-electron chi connectivity index (χ4n) is 2.90. The maximum absolute atomic E-state index is 10.1. The topological polar surface area (TPSA) is 98.9 Å². The molecule has 0 saturated carbocycles. The third kappa shape index (κ3) is 11.3. The molecule has 0 unspecified atom stereocenters. The van der Waals surface area contributed by atoms with Crippen molar-refractivity contribution in [2.75, 3.05) is 14.2 Å². The molecule has 0 fully saturated rings. The molecule has 3 N–H and O–H groups in total. The Balaban J connectivity index is 0.000000347. The summed E-state index contributed by atoms with van der Waals surface area (Å²) in [4.78, 5) is 18.7. The first kappa shape index (κ1) is 27.7. The number of benzene rings is 3. The smallest absolute Gasteiger partial charge is 0.328 e. The zero-order chi connectivity index (χ0) is 25.0. The third-order valence-electron chi connectivity index (χ3n) is 4.39. The summed E-state index contributed by atoms with van der Waals surface area (Å²) in [5, 5.41) is 8.29. The van der Waals surface area contributed by atoms with E-state index in [0.29, 0.717) is 0 Å². The fourth-order valence-corrected chi connectivity index (χ4v) is 2.90. The molecule has 0 aromatic heterocycles. The lowest BCUT2D eigenvalue weighted by Crippen LogP contribution is -1.95. The lowest BCUT2D eigenvalue weighted by molar-refractivity contribution is -0.131. The predicted molar refractivity (Wildman–Crippen MR) is 137 cm³/mol. The van der Waals surface area contributed by atoms with E-state index in [-0.39, 0.29) is 6.41 Å². The molecule has 0 aliphatic rings. The Bertz CT molecular complexity index is 1030. The Labute approximate surface area is 201 Å². The minimum Gasteiger partial charge on any atom is -0.493 e. The predicted octanol–water partition coefficient (Wildman–Crippen LogP) is 5.24. The molecule has 6 heteroatoms. The van der Waals surface area contributed by atoms with Gasteiger partial charge in [0.1, 0.15) is 0 Å². The van der Waals surface area contributed by atoms with E-state index in [1.165, 1.54) is 11.1 Å². The van der Waals surface area contributed by atoms with E-state index in [4.69, 9.17) is 19.4 Å². The zero-order valence-corrected chi connectivity index (χ0v) is 19.5. The molecular weight excluding hydrogens is 430 g/mol. The quantitative estimate of drug-likeness (QED) is 0.353. The number of para-hydroxylation sites is 1. The van der Waals surface area contributed by atoms with Crippen LogP contribution in [0.25, 0.3) is 12.2 Å². The molecule has 0 spiro atoms. The first-order valence-corrected chi connectivity index (χ1v) is 10.6. The van der Waals surface area contributed by atoms with Gasteiger partial charge < -0.3 is 20.3 Å². The van der Waals surface area contributed by atoms with Crippen LogP contribution in [-0.2, 0) is 16.0 Å². The number of hydrogen-bond acceptors (Lipinski definition) is 4. The molecule has 1 amide bonds. The van der Waals surface area contributed by atoms with E-state index in [0.717, 1.165) is 36.0 Å². The molecule has 3 aromatic rings. The van der Waals surface area contributed by atoms with Gasteiger partial charge in [0.05, 0.1) is 14.2 Å². The van der Waals surface area contributed by atoms with Crippen LogP contribution in [-0.4, -0.2) is 31.7 Å². The van der Waals surface area contributed by atoms with Gasteiger partial charge in [-0.05, 0) is 41.7 Å². The molecule has 0 heterocycles. The molecular formula is C28H31NO5. The van der Waals surface area contributed by atoms with E-state index in [1.54, 1.807) is 20.3 Å². The van der Waals surface area contributed by atoms with Crippen molar-refractivity contribution in [2.45, 2.75) is 12.8 Å². The number of aliphatic carboxylic acids is 1. The Hall–Kier alpha value is -4.32. The first-order chi connectivity index (χ1) is 16.5. The van der Waals surface area contributed by atoms with Crippen LogP contribution in [0.4, 0.5) is 0 Å². The van der Waals surface area contributed by atoms with Crippen molar-refractivity contribution in [3.8, 4) is 11.5 Å². The van der Waals surface area contributed by atoms with Gasteiger partial charge in [-0.15, -0.1) is 0 Å². The monoisotopic (exact) mass is 461 g/mol. The number of primary amides is 1. The number of nitrogens with two attached hydrogens (primary N) is 1. The van der Waals surface area contributed by atoms with Crippen molar-refractivity contribution in [1.82, 2.24) is 0 Å². The van der Waals surface area contributed by atoms with Crippen molar-refractivity contribution in [2.24, 2.45) is 5.73 Å². The van der Waals surface area contributed by atoms with Crippen LogP contribution in [0, 0.1) is 0 Å². The van der Waals surface area contributed by atoms with Crippen molar-refractivity contribution in [3.63, 3.8) is 0 Å². The van der Waals surface area contributed by atoms with Gasteiger partial charge in [-0.2, -0.15) is 0 Å². The van der Waals surface area contributed by atoms with Crippen LogP contribution in [0.1, 0.15) is 23.1 Å². The van der Waals surface area contributed by atoms with Crippen molar-refractivity contribution in [3.05, 3.63) is 108 Å². The number of hydrogen-bond donors (Lipinski definition) is 2. The number of carbonyl (C=O) groups excluding carboxylic acids is 1. The van der Waals surface area contributed by atoms with Gasteiger partial charge in [0.15, 0.2) is 11.5 Å². The van der Waals surface area contributed by atoms with Gasteiger partial charge in [-0.25, -0.2) is 4.79 Å². The maximum Gasteiger partial charge on any atom is 0.328 e. The van der Waals surface area contributed by atoms with Crippen LogP contribution in [0.3, 0.4) is 0 Å². The van der Waals surface area contributed by atoms with Gasteiger partial charge in [-0.3, -0.25) is 4.79 Å². The van der Waals surface area contributed by atoms with Crippen LogP contribution >= 0.6 is 0 Å². The molecule has 0 aliphatic heterocycles. The number of carboxylic acid groups (broad SMARTS) is 1. The van der Waals surface area contributed by atoms with Crippen LogP contribution in [0.5, 0.6) is 11.5 Å². The van der Waals surface area contributed by atoms with Gasteiger partial charge in [-0.1, -0.05) is 84.9 Å². The Morgan fingerprint density at radius 1 is 0.853 bits per heavy atom. The number of carboxylic acids is 1. The molecule has 178 valence electrons.